The first-order valence-corrected chi connectivity index (χ1v) is 5.95. The Kier molecular flexibility index (Phi) is 2.70. The number of nitrogens with one attached hydrogen (secondary N) is 1. The van der Waals surface area contributed by atoms with Crippen LogP contribution in [0.4, 0.5) is 0 Å². The molecule has 0 radical (unpaired) electrons. The van der Waals surface area contributed by atoms with Crippen molar-refractivity contribution in [2.45, 2.75) is 38.6 Å². The van der Waals surface area contributed by atoms with Crippen molar-refractivity contribution < 1.29 is 0 Å². The number of rotatable bonds is 2. The van der Waals surface area contributed by atoms with Gasteiger partial charge in [0.05, 0.1) is 0 Å². The third kappa shape index (κ3) is 1.65. The van der Waals surface area contributed by atoms with Gasteiger partial charge in [-0.3, -0.25) is 0 Å². The van der Waals surface area contributed by atoms with Gasteiger partial charge in [0.15, 0.2) is 0 Å². The second-order valence-electron chi connectivity index (χ2n) is 3.68. The highest BCUT2D eigenvalue weighted by atomic mass is 32.1. The van der Waals surface area contributed by atoms with Gasteiger partial charge in [-0.1, -0.05) is 6.92 Å². The van der Waals surface area contributed by atoms with Gasteiger partial charge in [-0.15, -0.1) is 11.3 Å². The van der Waals surface area contributed by atoms with Crippen LogP contribution in [0.3, 0.4) is 0 Å². The van der Waals surface area contributed by atoms with Gasteiger partial charge in [-0.05, 0) is 44.4 Å². The van der Waals surface area contributed by atoms with Crippen molar-refractivity contribution in [1.29, 1.82) is 0 Å². The molecule has 0 aliphatic heterocycles. The van der Waals surface area contributed by atoms with Gasteiger partial charge < -0.3 is 5.32 Å². The second-order valence-corrected chi connectivity index (χ2v) is 4.90. The largest absolute Gasteiger partial charge is 0.313 e. The van der Waals surface area contributed by atoms with E-state index >= 15 is 0 Å². The van der Waals surface area contributed by atoms with Crippen LogP contribution >= 0.6 is 11.3 Å². The summed E-state index contributed by atoms with van der Waals surface area (Å²) in [6.45, 7) is 2.24. The Labute approximate surface area is 84.2 Å². The lowest BCUT2D eigenvalue weighted by Crippen LogP contribution is -2.19. The summed E-state index contributed by atoms with van der Waals surface area (Å²) in [5, 5.41) is 3.40. The first kappa shape index (κ1) is 9.22. The highest BCUT2D eigenvalue weighted by Crippen LogP contribution is 2.35. The summed E-state index contributed by atoms with van der Waals surface area (Å²) in [4.78, 5) is 3.18. The molecule has 1 N–H and O–H groups in total. The van der Waals surface area contributed by atoms with Crippen LogP contribution in [0.15, 0.2) is 6.07 Å². The Morgan fingerprint density at radius 2 is 2.46 bits per heavy atom. The SMILES string of the molecule is CCc1cc2c(s1)CCCC2NC. The summed E-state index contributed by atoms with van der Waals surface area (Å²) < 4.78 is 0. The van der Waals surface area contributed by atoms with Gasteiger partial charge in [0.1, 0.15) is 0 Å². The van der Waals surface area contributed by atoms with E-state index in [2.05, 4.69) is 25.4 Å². The number of hydrogen-bond acceptors (Lipinski definition) is 2. The molecule has 1 unspecified atom stereocenters. The van der Waals surface area contributed by atoms with Crippen molar-refractivity contribution in [2.24, 2.45) is 0 Å². The minimum Gasteiger partial charge on any atom is -0.313 e. The van der Waals surface area contributed by atoms with Crippen LogP contribution in [0.1, 0.15) is 41.1 Å². The molecule has 2 heteroatoms. The van der Waals surface area contributed by atoms with Crippen molar-refractivity contribution >= 4 is 11.3 Å². The average Bonchev–Trinajstić information content (AvgIpc) is 2.59. The molecule has 1 aliphatic rings. The van der Waals surface area contributed by atoms with Crippen molar-refractivity contribution in [1.82, 2.24) is 5.32 Å². The summed E-state index contributed by atoms with van der Waals surface area (Å²) >= 11 is 2.01. The second kappa shape index (κ2) is 3.81. The molecule has 0 saturated heterocycles. The molecule has 13 heavy (non-hydrogen) atoms. The maximum absolute atomic E-state index is 3.40. The molecule has 1 aromatic rings. The first-order valence-electron chi connectivity index (χ1n) is 5.14. The monoisotopic (exact) mass is 195 g/mol. The standard InChI is InChI=1S/C11H17NS/c1-3-8-7-9-10(12-2)5-4-6-11(9)13-8/h7,10,12H,3-6H2,1-2H3. The predicted octanol–water partition coefficient (Wildman–Crippen LogP) is 2.91. The Balaban J connectivity index is 2.32. The van der Waals surface area contributed by atoms with E-state index in [4.69, 9.17) is 0 Å². The number of aryl methyl sites for hydroxylation is 2. The van der Waals surface area contributed by atoms with E-state index in [1.165, 1.54) is 25.7 Å². The van der Waals surface area contributed by atoms with Crippen LogP contribution in [-0.2, 0) is 12.8 Å². The van der Waals surface area contributed by atoms with Crippen molar-refractivity contribution in [3.8, 4) is 0 Å². The fourth-order valence-electron chi connectivity index (χ4n) is 2.09. The van der Waals surface area contributed by atoms with Gasteiger partial charge in [0.2, 0.25) is 0 Å². The maximum Gasteiger partial charge on any atom is 0.0328 e. The smallest absolute Gasteiger partial charge is 0.0328 e. The lowest BCUT2D eigenvalue weighted by molar-refractivity contribution is 0.501. The van der Waals surface area contributed by atoms with Gasteiger partial charge in [-0.25, -0.2) is 0 Å². The zero-order valence-electron chi connectivity index (χ0n) is 8.39. The van der Waals surface area contributed by atoms with Crippen molar-refractivity contribution in [3.63, 3.8) is 0 Å². The molecular weight excluding hydrogens is 178 g/mol. The van der Waals surface area contributed by atoms with Gasteiger partial charge >= 0.3 is 0 Å². The van der Waals surface area contributed by atoms with Crippen LogP contribution < -0.4 is 5.32 Å². The van der Waals surface area contributed by atoms with Gasteiger partial charge in [-0.2, -0.15) is 0 Å². The summed E-state index contributed by atoms with van der Waals surface area (Å²) in [5.41, 5.74) is 1.58. The molecule has 0 bridgehead atoms. The molecule has 1 aromatic heterocycles. The first-order chi connectivity index (χ1) is 6.35. The lowest BCUT2D eigenvalue weighted by Gasteiger charge is -2.21. The fourth-order valence-corrected chi connectivity index (χ4v) is 3.30. The molecule has 0 fully saturated rings. The topological polar surface area (TPSA) is 12.0 Å². The molecule has 1 aliphatic carbocycles. The average molecular weight is 195 g/mol. The minimum atomic E-state index is 0.625. The molecule has 1 nitrogen and oxygen atoms in total. The predicted molar refractivity (Wildman–Crippen MR) is 58.4 cm³/mol. The molecule has 1 atom stereocenters. The van der Waals surface area contributed by atoms with Crippen LogP contribution in [-0.4, -0.2) is 7.05 Å². The number of thiophene rings is 1. The van der Waals surface area contributed by atoms with E-state index in [-0.39, 0.29) is 0 Å². The molecule has 0 amide bonds. The highest BCUT2D eigenvalue weighted by molar-refractivity contribution is 7.12. The van der Waals surface area contributed by atoms with Crippen LogP contribution in [0.5, 0.6) is 0 Å². The van der Waals surface area contributed by atoms with Crippen LogP contribution in [0.2, 0.25) is 0 Å². The van der Waals surface area contributed by atoms with E-state index in [1.807, 2.05) is 11.3 Å². The third-order valence-corrected chi connectivity index (χ3v) is 4.22. The van der Waals surface area contributed by atoms with Crippen LogP contribution in [0.25, 0.3) is 0 Å². The van der Waals surface area contributed by atoms with Crippen LogP contribution in [0, 0.1) is 0 Å². The summed E-state index contributed by atoms with van der Waals surface area (Å²) in [6, 6.07) is 3.03. The third-order valence-electron chi connectivity index (χ3n) is 2.86. The van der Waals surface area contributed by atoms with E-state index in [9.17, 15) is 0 Å². The quantitative estimate of drug-likeness (QED) is 0.765. The molecule has 0 spiro atoms. The highest BCUT2D eigenvalue weighted by Gasteiger charge is 2.20. The number of hydrogen-bond donors (Lipinski definition) is 1. The lowest BCUT2D eigenvalue weighted by atomic mass is 9.94. The Morgan fingerprint density at radius 1 is 1.62 bits per heavy atom. The maximum atomic E-state index is 3.40. The number of fused-ring (bicyclic) bond motifs is 1. The molecule has 0 saturated carbocycles. The molecular formula is C11H17NS. The van der Waals surface area contributed by atoms with E-state index in [0.717, 1.165) is 0 Å². The Morgan fingerprint density at radius 3 is 3.15 bits per heavy atom. The molecule has 1 heterocycles. The summed E-state index contributed by atoms with van der Waals surface area (Å²) in [6.07, 6.45) is 5.15. The zero-order chi connectivity index (χ0) is 9.26. The van der Waals surface area contributed by atoms with Gasteiger partial charge in [0.25, 0.3) is 0 Å². The molecule has 2 rings (SSSR count). The van der Waals surface area contributed by atoms with Gasteiger partial charge in [0, 0.05) is 15.8 Å². The summed E-state index contributed by atoms with van der Waals surface area (Å²) in [7, 11) is 2.07. The zero-order valence-corrected chi connectivity index (χ0v) is 9.21. The normalized spacial score (nSPS) is 21.5. The Bertz CT molecular complexity index is 290. The Hall–Kier alpha value is -0.340. The van der Waals surface area contributed by atoms with E-state index in [0.29, 0.717) is 6.04 Å². The van der Waals surface area contributed by atoms with Crippen molar-refractivity contribution in [2.75, 3.05) is 7.05 Å². The van der Waals surface area contributed by atoms with E-state index < -0.39 is 0 Å². The fraction of sp³-hybridized carbons (Fsp3) is 0.636. The summed E-state index contributed by atoms with van der Waals surface area (Å²) in [5.74, 6) is 0. The van der Waals surface area contributed by atoms with E-state index in [1.54, 1.807) is 15.3 Å². The molecule has 72 valence electrons. The molecule has 0 aromatic carbocycles. The minimum absolute atomic E-state index is 0.625. The van der Waals surface area contributed by atoms with Crippen molar-refractivity contribution in [3.05, 3.63) is 21.4 Å².